The van der Waals surface area contributed by atoms with E-state index in [0.717, 1.165) is 17.6 Å². The Balaban J connectivity index is 2.34. The van der Waals surface area contributed by atoms with Gasteiger partial charge in [0.15, 0.2) is 0 Å². The fourth-order valence-electron chi connectivity index (χ4n) is 3.24. The minimum Gasteiger partial charge on any atom is -0.478 e. The first-order chi connectivity index (χ1) is 12.3. The van der Waals surface area contributed by atoms with Crippen molar-refractivity contribution < 1.29 is 14.7 Å². The van der Waals surface area contributed by atoms with Crippen molar-refractivity contribution in [3.05, 3.63) is 53.2 Å². The fraction of sp³-hybridized carbons (Fsp3) is 0.300. The maximum Gasteiger partial charge on any atom is 0.338 e. The van der Waals surface area contributed by atoms with Gasteiger partial charge in [-0.3, -0.25) is 4.79 Å². The highest BCUT2D eigenvalue weighted by Crippen LogP contribution is 2.30. The number of amides is 1. The van der Waals surface area contributed by atoms with E-state index in [-0.39, 0.29) is 11.5 Å². The average Bonchev–Trinajstić information content (AvgIpc) is 2.91. The first kappa shape index (κ1) is 17.9. The second-order valence-electron chi connectivity index (χ2n) is 6.92. The predicted octanol–water partition coefficient (Wildman–Crippen LogP) is 2.60. The number of benzene rings is 1. The van der Waals surface area contributed by atoms with E-state index >= 15 is 0 Å². The number of aromatic carboxylic acids is 1. The van der Waals surface area contributed by atoms with Crippen LogP contribution in [0.15, 0.2) is 36.5 Å². The number of carboxylic acid groups (broad SMARTS) is 1. The number of nitrogens with zero attached hydrogens (tertiary/aromatic N) is 3. The molecule has 0 aliphatic rings. The van der Waals surface area contributed by atoms with Crippen molar-refractivity contribution in [3.8, 4) is 0 Å². The molecule has 3 rings (SSSR count). The van der Waals surface area contributed by atoms with Gasteiger partial charge in [-0.25, -0.2) is 4.79 Å². The highest BCUT2D eigenvalue weighted by molar-refractivity contribution is 6.12. The quantitative estimate of drug-likeness (QED) is 0.766. The van der Waals surface area contributed by atoms with Crippen LogP contribution in [0.4, 0.5) is 0 Å². The molecule has 6 heteroatoms. The molecule has 0 atom stereocenters. The Morgan fingerprint density at radius 2 is 1.81 bits per heavy atom. The van der Waals surface area contributed by atoms with Gasteiger partial charge < -0.3 is 19.3 Å². The molecule has 0 unspecified atom stereocenters. The van der Waals surface area contributed by atoms with Gasteiger partial charge in [0, 0.05) is 37.8 Å². The fourth-order valence-corrected chi connectivity index (χ4v) is 3.24. The first-order valence-electron chi connectivity index (χ1n) is 8.46. The molecular formula is C20H23N3O3. The van der Waals surface area contributed by atoms with Crippen LogP contribution in [0.3, 0.4) is 0 Å². The van der Waals surface area contributed by atoms with Gasteiger partial charge in [-0.15, -0.1) is 0 Å². The van der Waals surface area contributed by atoms with Gasteiger partial charge in [0.1, 0.15) is 0 Å². The van der Waals surface area contributed by atoms with E-state index in [4.69, 9.17) is 0 Å². The minimum atomic E-state index is -0.964. The molecule has 0 saturated heterocycles. The Kier molecular flexibility index (Phi) is 4.70. The van der Waals surface area contributed by atoms with Crippen LogP contribution in [0, 0.1) is 0 Å². The Morgan fingerprint density at radius 1 is 1.08 bits per heavy atom. The van der Waals surface area contributed by atoms with Crippen LogP contribution in [0.2, 0.25) is 0 Å². The van der Waals surface area contributed by atoms with Crippen LogP contribution in [0.1, 0.15) is 26.3 Å². The van der Waals surface area contributed by atoms with Crippen molar-refractivity contribution in [2.75, 3.05) is 34.7 Å². The van der Waals surface area contributed by atoms with Crippen LogP contribution < -0.4 is 0 Å². The van der Waals surface area contributed by atoms with Gasteiger partial charge in [-0.1, -0.05) is 6.07 Å². The summed E-state index contributed by atoms with van der Waals surface area (Å²) in [6.07, 6.45) is 2.50. The zero-order valence-electron chi connectivity index (χ0n) is 15.5. The average molecular weight is 353 g/mol. The number of hydrogen-bond donors (Lipinski definition) is 1. The van der Waals surface area contributed by atoms with Crippen molar-refractivity contribution in [1.29, 1.82) is 0 Å². The van der Waals surface area contributed by atoms with Crippen molar-refractivity contribution in [2.24, 2.45) is 0 Å². The Bertz CT molecular complexity index is 1000. The lowest BCUT2D eigenvalue weighted by atomic mass is 9.99. The monoisotopic (exact) mass is 353 g/mol. The van der Waals surface area contributed by atoms with Crippen LogP contribution in [-0.4, -0.2) is 65.9 Å². The lowest BCUT2D eigenvalue weighted by Gasteiger charge is -2.16. The number of aromatic nitrogens is 1. The van der Waals surface area contributed by atoms with Gasteiger partial charge in [0.25, 0.3) is 5.91 Å². The van der Waals surface area contributed by atoms with Gasteiger partial charge in [0.2, 0.25) is 0 Å². The first-order valence-corrected chi connectivity index (χ1v) is 8.46. The standard InChI is InChI=1S/C20H23N3O3/c1-21(2)10-8-13-11-15-17(12-14(13)19(24)22(3)4)23-9-6-5-7-16(23)18(15)20(25)26/h5-7,9,11-12H,8,10H2,1-4H3,(H,25,26). The third-order valence-corrected chi connectivity index (χ3v) is 4.55. The Labute approximate surface area is 152 Å². The summed E-state index contributed by atoms with van der Waals surface area (Å²) in [4.78, 5) is 28.2. The van der Waals surface area contributed by atoms with Gasteiger partial charge in [0.05, 0.1) is 16.6 Å². The number of pyridine rings is 1. The summed E-state index contributed by atoms with van der Waals surface area (Å²) in [6.45, 7) is 0.773. The van der Waals surface area contributed by atoms with E-state index in [9.17, 15) is 14.7 Å². The molecule has 3 aromatic rings. The molecule has 2 heterocycles. The normalized spacial score (nSPS) is 11.4. The Hall–Kier alpha value is -2.86. The predicted molar refractivity (Wildman–Crippen MR) is 102 cm³/mol. The highest BCUT2D eigenvalue weighted by atomic mass is 16.4. The van der Waals surface area contributed by atoms with E-state index < -0.39 is 5.97 Å². The molecule has 0 bridgehead atoms. The lowest BCUT2D eigenvalue weighted by Crippen LogP contribution is -2.24. The van der Waals surface area contributed by atoms with Crippen molar-refractivity contribution >= 4 is 28.3 Å². The number of fused-ring (bicyclic) bond motifs is 3. The number of carboxylic acids is 1. The summed E-state index contributed by atoms with van der Waals surface area (Å²) in [7, 11) is 7.39. The van der Waals surface area contributed by atoms with Gasteiger partial charge in [-0.05, 0) is 50.3 Å². The van der Waals surface area contributed by atoms with E-state index in [1.165, 1.54) is 0 Å². The van der Waals surface area contributed by atoms with Crippen molar-refractivity contribution in [2.45, 2.75) is 6.42 Å². The summed E-state index contributed by atoms with van der Waals surface area (Å²) in [5, 5.41) is 10.4. The summed E-state index contributed by atoms with van der Waals surface area (Å²) >= 11 is 0. The van der Waals surface area contributed by atoms with Crippen LogP contribution in [0.25, 0.3) is 16.4 Å². The Morgan fingerprint density at radius 3 is 2.42 bits per heavy atom. The molecular weight excluding hydrogens is 330 g/mol. The largest absolute Gasteiger partial charge is 0.478 e. The number of carbonyl (C=O) groups is 2. The van der Waals surface area contributed by atoms with Gasteiger partial charge >= 0.3 is 5.97 Å². The molecule has 0 fully saturated rings. The molecule has 6 nitrogen and oxygen atoms in total. The van der Waals surface area contributed by atoms with Gasteiger partial charge in [-0.2, -0.15) is 0 Å². The summed E-state index contributed by atoms with van der Waals surface area (Å²) in [5.74, 6) is -1.04. The molecule has 1 amide bonds. The molecule has 136 valence electrons. The molecule has 0 aliphatic heterocycles. The maximum atomic E-state index is 12.7. The van der Waals surface area contributed by atoms with E-state index in [0.29, 0.717) is 22.9 Å². The van der Waals surface area contributed by atoms with Crippen molar-refractivity contribution in [1.82, 2.24) is 14.2 Å². The molecule has 2 aromatic heterocycles. The zero-order chi connectivity index (χ0) is 19.0. The second kappa shape index (κ2) is 6.80. The summed E-state index contributed by atoms with van der Waals surface area (Å²) in [5.41, 5.74) is 3.11. The SMILES string of the molecule is CN(C)CCc1cc2c(C(=O)O)c3ccccn3c2cc1C(=O)N(C)C. The zero-order valence-corrected chi connectivity index (χ0v) is 15.5. The van der Waals surface area contributed by atoms with Crippen molar-refractivity contribution in [3.63, 3.8) is 0 Å². The minimum absolute atomic E-state index is 0.0802. The summed E-state index contributed by atoms with van der Waals surface area (Å²) < 4.78 is 1.83. The number of hydrogen-bond acceptors (Lipinski definition) is 3. The molecule has 0 aliphatic carbocycles. The molecule has 1 N–H and O–H groups in total. The van der Waals surface area contributed by atoms with Crippen LogP contribution in [-0.2, 0) is 6.42 Å². The molecule has 0 saturated carbocycles. The van der Waals surface area contributed by atoms with E-state index in [2.05, 4.69) is 0 Å². The third-order valence-electron chi connectivity index (χ3n) is 4.55. The van der Waals surface area contributed by atoms with E-state index in [1.54, 1.807) is 25.1 Å². The molecule has 0 spiro atoms. The maximum absolute atomic E-state index is 12.7. The molecule has 26 heavy (non-hydrogen) atoms. The lowest BCUT2D eigenvalue weighted by molar-refractivity contribution is 0.0700. The van der Waals surface area contributed by atoms with Crippen LogP contribution in [0.5, 0.6) is 0 Å². The number of likely N-dealkylation sites (N-methyl/N-ethyl adjacent to an activating group) is 1. The molecule has 0 radical (unpaired) electrons. The third kappa shape index (κ3) is 3.04. The van der Waals surface area contributed by atoms with E-state index in [1.807, 2.05) is 53.9 Å². The molecule has 1 aromatic carbocycles. The number of carbonyl (C=O) groups excluding carboxylic acids is 1. The second-order valence-corrected chi connectivity index (χ2v) is 6.92. The highest BCUT2D eigenvalue weighted by Gasteiger charge is 2.22. The smallest absolute Gasteiger partial charge is 0.338 e. The number of rotatable bonds is 5. The summed E-state index contributed by atoms with van der Waals surface area (Å²) in [6, 6.07) is 9.15. The topological polar surface area (TPSA) is 65.3 Å². The van der Waals surface area contributed by atoms with Crippen LogP contribution >= 0.6 is 0 Å².